The minimum atomic E-state index is -0.145. The van der Waals surface area contributed by atoms with Crippen LogP contribution < -0.4 is 4.74 Å². The number of rotatable bonds is 6. The molecule has 124 valence electrons. The van der Waals surface area contributed by atoms with E-state index < -0.39 is 0 Å². The molecule has 0 bridgehead atoms. The van der Waals surface area contributed by atoms with Crippen LogP contribution in [0.15, 0.2) is 22.7 Å². The largest absolute Gasteiger partial charge is 0.484 e. The zero-order valence-electron chi connectivity index (χ0n) is 14.1. The Morgan fingerprint density at radius 3 is 2.70 bits per heavy atom. The molecule has 4 nitrogen and oxygen atoms in total. The van der Waals surface area contributed by atoms with Gasteiger partial charge in [0.05, 0.1) is 5.69 Å². The highest BCUT2D eigenvalue weighted by atomic mass is 79.9. The van der Waals surface area contributed by atoms with Crippen LogP contribution in [0, 0.1) is 20.8 Å². The molecule has 5 heteroatoms. The molecular formula is C18H23BrN2O2. The monoisotopic (exact) mass is 378 g/mol. The van der Waals surface area contributed by atoms with Crippen molar-refractivity contribution in [2.45, 2.75) is 47.0 Å². The van der Waals surface area contributed by atoms with Gasteiger partial charge >= 0.3 is 0 Å². The van der Waals surface area contributed by atoms with Crippen LogP contribution >= 0.6 is 15.9 Å². The van der Waals surface area contributed by atoms with Crippen molar-refractivity contribution < 1.29 is 9.53 Å². The maximum Gasteiger partial charge on any atom is 0.284 e. The second kappa shape index (κ2) is 7.77. The summed E-state index contributed by atoms with van der Waals surface area (Å²) in [6, 6.07) is 5.67. The lowest BCUT2D eigenvalue weighted by Crippen LogP contribution is -2.21. The van der Waals surface area contributed by atoms with Crippen LogP contribution in [0.3, 0.4) is 0 Å². The van der Waals surface area contributed by atoms with Gasteiger partial charge in [-0.15, -0.1) is 0 Å². The molecule has 0 aliphatic carbocycles. The molecule has 0 radical (unpaired) electrons. The molecular weight excluding hydrogens is 356 g/mol. The molecule has 2 aromatic rings. The quantitative estimate of drug-likeness (QED) is 0.735. The molecule has 0 N–H and O–H groups in total. The smallest absolute Gasteiger partial charge is 0.284 e. The Balaban J connectivity index is 2.07. The molecule has 1 heterocycles. The number of halogens is 1. The molecule has 2 rings (SSSR count). The summed E-state index contributed by atoms with van der Waals surface area (Å²) in [6.07, 6.45) is 3.20. The number of nitrogens with zero attached hydrogens (tertiary/aromatic N) is 2. The number of ether oxygens (including phenoxy) is 1. The highest BCUT2D eigenvalue weighted by Gasteiger charge is 2.16. The zero-order valence-corrected chi connectivity index (χ0v) is 15.7. The molecule has 1 aromatic heterocycles. The average Bonchev–Trinajstić information content (AvgIpc) is 2.81. The Kier molecular flexibility index (Phi) is 5.99. The van der Waals surface area contributed by atoms with Gasteiger partial charge in [0.15, 0.2) is 6.61 Å². The fraction of sp³-hybridized carbons (Fsp3) is 0.444. The summed E-state index contributed by atoms with van der Waals surface area (Å²) < 4.78 is 8.11. The third-order valence-electron chi connectivity index (χ3n) is 3.95. The van der Waals surface area contributed by atoms with Gasteiger partial charge in [0.2, 0.25) is 0 Å². The van der Waals surface area contributed by atoms with E-state index in [0.29, 0.717) is 5.75 Å². The average molecular weight is 379 g/mol. The van der Waals surface area contributed by atoms with Gasteiger partial charge in [0.25, 0.3) is 5.91 Å². The van der Waals surface area contributed by atoms with E-state index in [0.717, 1.165) is 40.7 Å². The molecule has 0 unspecified atom stereocenters. The standard InChI is InChI=1S/C18H23BrN2O2/c1-5-6-7-16-13(3)20-21(14(16)4)18(22)11-23-15-8-9-17(19)12(2)10-15/h8-10H,5-7,11H2,1-4H3. The molecule has 0 saturated heterocycles. The Morgan fingerprint density at radius 2 is 2.04 bits per heavy atom. The Hall–Kier alpha value is -1.62. The fourth-order valence-corrected chi connectivity index (χ4v) is 2.79. The summed E-state index contributed by atoms with van der Waals surface area (Å²) in [5.41, 5.74) is 4.11. The van der Waals surface area contributed by atoms with Crippen molar-refractivity contribution in [3.05, 3.63) is 45.2 Å². The van der Waals surface area contributed by atoms with Gasteiger partial charge in [0, 0.05) is 10.2 Å². The van der Waals surface area contributed by atoms with E-state index >= 15 is 0 Å². The molecule has 0 aliphatic heterocycles. The van der Waals surface area contributed by atoms with Crippen LogP contribution in [0.25, 0.3) is 0 Å². The minimum absolute atomic E-state index is 0.0176. The number of aromatic nitrogens is 2. The first-order valence-corrected chi connectivity index (χ1v) is 8.70. The Morgan fingerprint density at radius 1 is 1.30 bits per heavy atom. The second-order valence-corrected chi connectivity index (χ2v) is 6.61. The van der Waals surface area contributed by atoms with Crippen molar-refractivity contribution >= 4 is 21.8 Å². The lowest BCUT2D eigenvalue weighted by molar-refractivity contribution is 0.0818. The van der Waals surface area contributed by atoms with Crippen LogP contribution in [0.1, 0.15) is 47.1 Å². The summed E-state index contributed by atoms with van der Waals surface area (Å²) in [7, 11) is 0. The maximum atomic E-state index is 12.4. The van der Waals surface area contributed by atoms with Crippen molar-refractivity contribution in [2.75, 3.05) is 6.61 Å². The second-order valence-electron chi connectivity index (χ2n) is 5.76. The SMILES string of the molecule is CCCCc1c(C)nn(C(=O)COc2ccc(Br)c(C)c2)c1C. The van der Waals surface area contributed by atoms with E-state index in [9.17, 15) is 4.79 Å². The van der Waals surface area contributed by atoms with Crippen LogP contribution in [0.5, 0.6) is 5.75 Å². The predicted octanol–water partition coefficient (Wildman–Crippen LogP) is 4.63. The van der Waals surface area contributed by atoms with Crippen LogP contribution in [0.4, 0.5) is 0 Å². The number of carbonyl (C=O) groups excluding carboxylic acids is 1. The summed E-state index contributed by atoms with van der Waals surface area (Å²) >= 11 is 3.45. The van der Waals surface area contributed by atoms with Crippen molar-refractivity contribution in [1.29, 1.82) is 0 Å². The number of benzene rings is 1. The van der Waals surface area contributed by atoms with Crippen LogP contribution in [-0.2, 0) is 6.42 Å². The highest BCUT2D eigenvalue weighted by molar-refractivity contribution is 9.10. The van der Waals surface area contributed by atoms with E-state index in [1.807, 2.05) is 39.0 Å². The summed E-state index contributed by atoms with van der Waals surface area (Å²) in [4.78, 5) is 12.4. The third kappa shape index (κ3) is 4.22. The van der Waals surface area contributed by atoms with Crippen molar-refractivity contribution in [3.63, 3.8) is 0 Å². The van der Waals surface area contributed by atoms with E-state index in [2.05, 4.69) is 28.0 Å². The van der Waals surface area contributed by atoms with E-state index in [1.54, 1.807) is 0 Å². The van der Waals surface area contributed by atoms with E-state index in [1.165, 1.54) is 10.2 Å². The van der Waals surface area contributed by atoms with Crippen molar-refractivity contribution in [2.24, 2.45) is 0 Å². The van der Waals surface area contributed by atoms with E-state index in [4.69, 9.17) is 4.74 Å². The van der Waals surface area contributed by atoms with Crippen LogP contribution in [-0.4, -0.2) is 22.3 Å². The van der Waals surface area contributed by atoms with Crippen LogP contribution in [0.2, 0.25) is 0 Å². The van der Waals surface area contributed by atoms with Crippen molar-refractivity contribution in [3.8, 4) is 5.75 Å². The fourth-order valence-electron chi connectivity index (χ4n) is 2.55. The lowest BCUT2D eigenvalue weighted by Gasteiger charge is -2.08. The molecule has 0 saturated carbocycles. The highest BCUT2D eigenvalue weighted by Crippen LogP contribution is 2.22. The van der Waals surface area contributed by atoms with Gasteiger partial charge < -0.3 is 4.74 Å². The molecule has 23 heavy (non-hydrogen) atoms. The first kappa shape index (κ1) is 17.7. The number of unbranched alkanes of at least 4 members (excludes halogenated alkanes) is 1. The molecule has 0 aliphatic rings. The van der Waals surface area contributed by atoms with E-state index in [-0.39, 0.29) is 12.5 Å². The first-order chi connectivity index (χ1) is 10.9. The number of aryl methyl sites for hydroxylation is 2. The molecule has 1 aromatic carbocycles. The third-order valence-corrected chi connectivity index (χ3v) is 4.84. The van der Waals surface area contributed by atoms with Crippen molar-refractivity contribution in [1.82, 2.24) is 9.78 Å². The number of hydrogen-bond acceptors (Lipinski definition) is 3. The summed E-state index contributed by atoms with van der Waals surface area (Å²) in [6.45, 7) is 8.04. The van der Waals surface area contributed by atoms with Gasteiger partial charge in [-0.25, -0.2) is 4.68 Å². The summed E-state index contributed by atoms with van der Waals surface area (Å²) in [5.74, 6) is 0.542. The number of hydrogen-bond donors (Lipinski definition) is 0. The molecule has 0 amide bonds. The predicted molar refractivity (Wildman–Crippen MR) is 95.3 cm³/mol. The normalized spacial score (nSPS) is 10.8. The maximum absolute atomic E-state index is 12.4. The van der Waals surface area contributed by atoms with Gasteiger partial charge in [-0.1, -0.05) is 29.3 Å². The lowest BCUT2D eigenvalue weighted by atomic mass is 10.1. The first-order valence-electron chi connectivity index (χ1n) is 7.91. The Bertz CT molecular complexity index is 707. The molecule has 0 atom stereocenters. The molecule has 0 spiro atoms. The van der Waals surface area contributed by atoms with Gasteiger partial charge in [-0.3, -0.25) is 4.79 Å². The summed E-state index contributed by atoms with van der Waals surface area (Å²) in [5, 5.41) is 4.39. The zero-order chi connectivity index (χ0) is 17.0. The minimum Gasteiger partial charge on any atom is -0.484 e. The van der Waals surface area contributed by atoms with Gasteiger partial charge in [-0.2, -0.15) is 5.10 Å². The topological polar surface area (TPSA) is 44.1 Å². The Labute approximate surface area is 146 Å². The molecule has 0 fully saturated rings. The van der Waals surface area contributed by atoms with Gasteiger partial charge in [-0.05, 0) is 62.9 Å². The number of carbonyl (C=O) groups is 1. The van der Waals surface area contributed by atoms with Gasteiger partial charge in [0.1, 0.15) is 5.75 Å².